The molecule has 0 aliphatic heterocycles. The Balaban J connectivity index is 2.52. The van der Waals surface area contributed by atoms with Gasteiger partial charge in [-0.3, -0.25) is 10.00 Å². The van der Waals surface area contributed by atoms with Crippen molar-refractivity contribution in [2.75, 3.05) is 11.9 Å². The minimum Gasteiger partial charge on any atom is -0.465 e. The number of amides is 2. The highest BCUT2D eigenvalue weighted by Gasteiger charge is 2.16. The zero-order chi connectivity index (χ0) is 15.3. The highest BCUT2D eigenvalue weighted by molar-refractivity contribution is 5.83. The summed E-state index contributed by atoms with van der Waals surface area (Å²) < 4.78 is 6.66. The second kappa shape index (κ2) is 6.27. The average Bonchev–Trinajstić information content (AvgIpc) is 2.58. The van der Waals surface area contributed by atoms with E-state index < -0.39 is 17.8 Å². The molecule has 3 N–H and O–H groups in total. The van der Waals surface area contributed by atoms with Crippen molar-refractivity contribution in [1.82, 2.24) is 15.1 Å². The van der Waals surface area contributed by atoms with E-state index >= 15 is 0 Å². The summed E-state index contributed by atoms with van der Waals surface area (Å²) in [7, 11) is 1.70. The normalized spacial score (nSPS) is 11.0. The number of hydrogen-bond donors (Lipinski definition) is 3. The third kappa shape index (κ3) is 5.17. The van der Waals surface area contributed by atoms with E-state index in [1.807, 2.05) is 0 Å². The Kier molecular flexibility index (Phi) is 4.95. The predicted molar refractivity (Wildman–Crippen MR) is 72.8 cm³/mol. The predicted octanol–water partition coefficient (Wildman–Crippen LogP) is 1.58. The van der Waals surface area contributed by atoms with Gasteiger partial charge in [0.2, 0.25) is 0 Å². The fraction of sp³-hybridized carbons (Fsp3) is 0.583. The Labute approximate surface area is 117 Å². The molecule has 0 unspecified atom stereocenters. The van der Waals surface area contributed by atoms with Gasteiger partial charge in [0, 0.05) is 20.0 Å². The van der Waals surface area contributed by atoms with E-state index in [-0.39, 0.29) is 0 Å². The van der Waals surface area contributed by atoms with Gasteiger partial charge in [0.05, 0.1) is 17.6 Å². The number of nitrogens with zero attached hydrogens (tertiary/aromatic N) is 2. The molecule has 0 radical (unpaired) electrons. The van der Waals surface area contributed by atoms with E-state index in [9.17, 15) is 9.59 Å². The van der Waals surface area contributed by atoms with Crippen LogP contribution in [0.2, 0.25) is 0 Å². The Morgan fingerprint density at radius 1 is 1.45 bits per heavy atom. The van der Waals surface area contributed by atoms with Gasteiger partial charge in [0.1, 0.15) is 5.60 Å². The van der Waals surface area contributed by atoms with Crippen LogP contribution >= 0.6 is 0 Å². The first kappa shape index (κ1) is 15.8. The number of nitrogens with one attached hydrogen (secondary N) is 2. The molecular formula is C12H20N4O4. The number of carbonyl (C=O) groups excluding carboxylic acids is 1. The van der Waals surface area contributed by atoms with Crippen LogP contribution in [0.15, 0.2) is 6.20 Å². The Morgan fingerprint density at radius 3 is 2.65 bits per heavy atom. The first-order valence-electron chi connectivity index (χ1n) is 6.16. The van der Waals surface area contributed by atoms with Gasteiger partial charge < -0.3 is 15.2 Å². The Morgan fingerprint density at radius 2 is 2.10 bits per heavy atom. The van der Waals surface area contributed by atoms with Crippen LogP contribution in [0.25, 0.3) is 0 Å². The highest BCUT2D eigenvalue weighted by atomic mass is 16.6. The van der Waals surface area contributed by atoms with Gasteiger partial charge in [-0.05, 0) is 20.8 Å². The van der Waals surface area contributed by atoms with Crippen molar-refractivity contribution in [2.24, 2.45) is 7.05 Å². The number of anilines is 1. The maximum atomic E-state index is 11.5. The van der Waals surface area contributed by atoms with Gasteiger partial charge in [-0.15, -0.1) is 0 Å². The summed E-state index contributed by atoms with van der Waals surface area (Å²) in [5.41, 5.74) is 0.543. The molecule has 0 saturated heterocycles. The third-order valence-electron chi connectivity index (χ3n) is 2.33. The van der Waals surface area contributed by atoms with Gasteiger partial charge in [-0.2, -0.15) is 5.10 Å². The summed E-state index contributed by atoms with van der Waals surface area (Å²) in [5, 5.41) is 17.5. The maximum Gasteiger partial charge on any atom is 0.409 e. The quantitative estimate of drug-likeness (QED) is 0.778. The minimum atomic E-state index is -1.15. The minimum absolute atomic E-state index is 0.322. The lowest BCUT2D eigenvalue weighted by atomic mass is 10.2. The molecule has 0 fully saturated rings. The molecule has 1 heterocycles. The number of carboxylic acid groups (broad SMARTS) is 1. The van der Waals surface area contributed by atoms with Gasteiger partial charge in [-0.1, -0.05) is 0 Å². The first-order valence-corrected chi connectivity index (χ1v) is 6.16. The third-order valence-corrected chi connectivity index (χ3v) is 2.33. The molecule has 1 aromatic rings. The average molecular weight is 284 g/mol. The fourth-order valence-corrected chi connectivity index (χ4v) is 1.58. The molecule has 0 aromatic carbocycles. The molecule has 0 spiro atoms. The molecule has 0 aliphatic carbocycles. The van der Waals surface area contributed by atoms with Crippen LogP contribution in [0.5, 0.6) is 0 Å². The molecule has 0 aliphatic rings. The van der Waals surface area contributed by atoms with E-state index in [4.69, 9.17) is 9.84 Å². The molecule has 112 valence electrons. The summed E-state index contributed by atoms with van der Waals surface area (Å²) >= 11 is 0. The van der Waals surface area contributed by atoms with E-state index in [0.717, 1.165) is 0 Å². The lowest BCUT2D eigenvalue weighted by Crippen LogP contribution is -2.33. The van der Waals surface area contributed by atoms with Crippen molar-refractivity contribution in [1.29, 1.82) is 0 Å². The van der Waals surface area contributed by atoms with Crippen LogP contribution in [-0.4, -0.2) is 39.2 Å². The van der Waals surface area contributed by atoms with Gasteiger partial charge >= 0.3 is 12.2 Å². The second-order valence-corrected chi connectivity index (χ2v) is 5.24. The topological polar surface area (TPSA) is 105 Å². The number of carbonyl (C=O) groups is 2. The smallest absolute Gasteiger partial charge is 0.409 e. The molecule has 0 bridgehead atoms. The van der Waals surface area contributed by atoms with E-state index in [1.54, 1.807) is 32.5 Å². The van der Waals surface area contributed by atoms with Crippen LogP contribution in [0.4, 0.5) is 15.3 Å². The summed E-state index contributed by atoms with van der Waals surface area (Å²) in [4.78, 5) is 22.1. The number of alkyl carbamates (subject to hydrolysis) is 1. The molecule has 0 atom stereocenters. The standard InChI is InChI=1S/C12H20N4O4/c1-12(2,3)20-11(19)13-6-5-9-8(15-10(17)18)7-14-16(9)4/h7,15H,5-6H2,1-4H3,(H,13,19)(H,17,18). The van der Waals surface area contributed by atoms with E-state index in [1.165, 1.54) is 6.20 Å². The van der Waals surface area contributed by atoms with Crippen LogP contribution in [-0.2, 0) is 18.2 Å². The number of rotatable bonds is 4. The molecule has 1 aromatic heterocycles. The molecule has 2 amide bonds. The Bertz CT molecular complexity index is 490. The van der Waals surface area contributed by atoms with Crippen molar-refractivity contribution < 1.29 is 19.4 Å². The lowest BCUT2D eigenvalue weighted by molar-refractivity contribution is 0.0528. The lowest BCUT2D eigenvalue weighted by Gasteiger charge is -2.19. The van der Waals surface area contributed by atoms with Gasteiger partial charge in [-0.25, -0.2) is 9.59 Å². The van der Waals surface area contributed by atoms with Crippen molar-refractivity contribution in [3.05, 3.63) is 11.9 Å². The Hall–Kier alpha value is -2.25. The number of ether oxygens (including phenoxy) is 1. The maximum absolute atomic E-state index is 11.5. The SMILES string of the molecule is Cn1ncc(NC(=O)O)c1CCNC(=O)OC(C)(C)C. The van der Waals surface area contributed by atoms with Crippen LogP contribution in [0.1, 0.15) is 26.5 Å². The summed E-state index contributed by atoms with van der Waals surface area (Å²) in [6.07, 6.45) is 0.203. The van der Waals surface area contributed by atoms with Gasteiger partial charge in [0.15, 0.2) is 0 Å². The molecule has 8 heteroatoms. The van der Waals surface area contributed by atoms with Crippen molar-refractivity contribution in [3.63, 3.8) is 0 Å². The first-order chi connectivity index (χ1) is 9.19. The zero-order valence-corrected chi connectivity index (χ0v) is 12.1. The van der Waals surface area contributed by atoms with Crippen LogP contribution in [0.3, 0.4) is 0 Å². The zero-order valence-electron chi connectivity index (χ0n) is 12.1. The summed E-state index contributed by atoms with van der Waals surface area (Å²) in [5.74, 6) is 0. The summed E-state index contributed by atoms with van der Waals surface area (Å²) in [6, 6.07) is 0. The molecular weight excluding hydrogens is 264 g/mol. The largest absolute Gasteiger partial charge is 0.465 e. The van der Waals surface area contributed by atoms with Crippen LogP contribution < -0.4 is 10.6 Å². The molecule has 20 heavy (non-hydrogen) atoms. The number of aryl methyl sites for hydroxylation is 1. The number of hydrogen-bond acceptors (Lipinski definition) is 4. The number of aromatic nitrogens is 2. The van der Waals surface area contributed by atoms with Crippen molar-refractivity contribution >= 4 is 17.9 Å². The molecule has 0 saturated carbocycles. The fourth-order valence-electron chi connectivity index (χ4n) is 1.58. The van der Waals surface area contributed by atoms with E-state index in [2.05, 4.69) is 15.7 Å². The molecule has 8 nitrogen and oxygen atoms in total. The van der Waals surface area contributed by atoms with Crippen molar-refractivity contribution in [3.8, 4) is 0 Å². The van der Waals surface area contributed by atoms with Crippen molar-refractivity contribution in [2.45, 2.75) is 32.8 Å². The van der Waals surface area contributed by atoms with Crippen LogP contribution in [0, 0.1) is 0 Å². The summed E-state index contributed by atoms with van der Waals surface area (Å²) in [6.45, 7) is 5.66. The van der Waals surface area contributed by atoms with Gasteiger partial charge in [0.25, 0.3) is 0 Å². The monoisotopic (exact) mass is 284 g/mol. The highest BCUT2D eigenvalue weighted by Crippen LogP contribution is 2.14. The second-order valence-electron chi connectivity index (χ2n) is 5.24. The molecule has 1 rings (SSSR count). The van der Waals surface area contributed by atoms with E-state index in [0.29, 0.717) is 24.3 Å².